The zero-order chi connectivity index (χ0) is 19.6. The second kappa shape index (κ2) is 12.3. The number of hydrogen-bond acceptors (Lipinski definition) is 3. The average molecular weight is 513 g/mol. The molecular weight excluding hydrogens is 493 g/mol. The summed E-state index contributed by atoms with van der Waals surface area (Å²) < 4.78 is 60.5. The Morgan fingerprint density at radius 1 is 1.07 bits per heavy atom. The second-order valence-corrected chi connectivity index (χ2v) is 5.26. The molecule has 0 saturated heterocycles. The number of hydrogen-bond donors (Lipinski definition) is 2. The van der Waals surface area contributed by atoms with Gasteiger partial charge in [0.1, 0.15) is 18.1 Å². The van der Waals surface area contributed by atoms with Gasteiger partial charge in [-0.15, -0.1) is 24.0 Å². The fraction of sp³-hybridized carbons (Fsp3) is 0.278. The van der Waals surface area contributed by atoms with Gasteiger partial charge in [-0.2, -0.15) is 8.78 Å². The van der Waals surface area contributed by atoms with E-state index >= 15 is 0 Å². The molecule has 0 aliphatic rings. The summed E-state index contributed by atoms with van der Waals surface area (Å²) in [6.45, 7) is -2.19. The first-order chi connectivity index (χ1) is 13.0. The molecule has 0 radical (unpaired) electrons. The Morgan fingerprint density at radius 2 is 1.82 bits per heavy atom. The number of guanidine groups is 1. The molecule has 2 aromatic rings. The molecule has 0 spiro atoms. The minimum Gasteiger partial charge on any atom is -0.492 e. The summed E-state index contributed by atoms with van der Waals surface area (Å²) in [5, 5.41) is 5.92. The largest absolute Gasteiger partial charge is 0.492 e. The van der Waals surface area contributed by atoms with Crippen molar-refractivity contribution >= 4 is 29.9 Å². The SMILES string of the molecule is CN=C(NCCOc1ccc(F)c(F)c1)NCc1ccccc1OC(F)F.I. The van der Waals surface area contributed by atoms with Crippen molar-refractivity contribution < 1.29 is 27.0 Å². The van der Waals surface area contributed by atoms with Crippen LogP contribution in [0.3, 0.4) is 0 Å². The van der Waals surface area contributed by atoms with Crippen LogP contribution in [0.15, 0.2) is 47.5 Å². The van der Waals surface area contributed by atoms with Gasteiger partial charge < -0.3 is 20.1 Å². The Bertz CT molecular complexity index is 778. The lowest BCUT2D eigenvalue weighted by atomic mass is 10.2. The van der Waals surface area contributed by atoms with Crippen LogP contribution in [0.2, 0.25) is 0 Å². The van der Waals surface area contributed by atoms with Crippen molar-refractivity contribution in [2.45, 2.75) is 13.2 Å². The molecule has 0 heterocycles. The molecule has 2 rings (SSSR count). The van der Waals surface area contributed by atoms with Crippen LogP contribution in [0.25, 0.3) is 0 Å². The molecule has 2 aromatic carbocycles. The highest BCUT2D eigenvalue weighted by Crippen LogP contribution is 2.20. The van der Waals surface area contributed by atoms with Crippen molar-refractivity contribution in [2.75, 3.05) is 20.2 Å². The van der Waals surface area contributed by atoms with E-state index in [1.165, 1.54) is 12.1 Å². The van der Waals surface area contributed by atoms with Crippen molar-refractivity contribution in [3.05, 3.63) is 59.7 Å². The lowest BCUT2D eigenvalue weighted by molar-refractivity contribution is -0.0504. The molecule has 0 saturated carbocycles. The first-order valence-electron chi connectivity index (χ1n) is 8.04. The van der Waals surface area contributed by atoms with Gasteiger partial charge in [-0.25, -0.2) is 8.78 Å². The van der Waals surface area contributed by atoms with Gasteiger partial charge in [0.2, 0.25) is 0 Å². The van der Waals surface area contributed by atoms with Crippen LogP contribution < -0.4 is 20.1 Å². The molecule has 0 bridgehead atoms. The fourth-order valence-corrected chi connectivity index (χ4v) is 2.17. The van der Waals surface area contributed by atoms with Crippen molar-refractivity contribution in [3.63, 3.8) is 0 Å². The van der Waals surface area contributed by atoms with E-state index in [0.717, 1.165) is 12.1 Å². The van der Waals surface area contributed by atoms with Crippen LogP contribution in [0.1, 0.15) is 5.56 Å². The zero-order valence-electron chi connectivity index (χ0n) is 14.9. The molecule has 154 valence electrons. The number of para-hydroxylation sites is 1. The molecule has 2 N–H and O–H groups in total. The lowest BCUT2D eigenvalue weighted by Gasteiger charge is -2.14. The molecule has 0 amide bonds. The van der Waals surface area contributed by atoms with E-state index in [0.29, 0.717) is 18.1 Å². The Hall–Kier alpha value is -2.24. The predicted octanol–water partition coefficient (Wildman–Crippen LogP) is 3.93. The Morgan fingerprint density at radius 3 is 2.50 bits per heavy atom. The summed E-state index contributed by atoms with van der Waals surface area (Å²) in [5.41, 5.74) is 0.541. The van der Waals surface area contributed by atoms with Crippen LogP contribution in [0, 0.1) is 11.6 Å². The van der Waals surface area contributed by atoms with E-state index in [1.54, 1.807) is 25.2 Å². The number of ether oxygens (including phenoxy) is 2. The zero-order valence-corrected chi connectivity index (χ0v) is 17.3. The van der Waals surface area contributed by atoms with Gasteiger partial charge in [0.25, 0.3) is 0 Å². The van der Waals surface area contributed by atoms with Gasteiger partial charge in [0.05, 0.1) is 6.54 Å². The second-order valence-electron chi connectivity index (χ2n) is 5.26. The Balaban J connectivity index is 0.00000392. The summed E-state index contributed by atoms with van der Waals surface area (Å²) in [7, 11) is 1.55. The maximum Gasteiger partial charge on any atom is 0.387 e. The Kier molecular flexibility index (Phi) is 10.4. The fourth-order valence-electron chi connectivity index (χ4n) is 2.17. The first-order valence-corrected chi connectivity index (χ1v) is 8.04. The van der Waals surface area contributed by atoms with Crippen LogP contribution in [0.4, 0.5) is 17.6 Å². The summed E-state index contributed by atoms with van der Waals surface area (Å²) >= 11 is 0. The van der Waals surface area contributed by atoms with E-state index in [2.05, 4.69) is 20.4 Å². The van der Waals surface area contributed by atoms with E-state index < -0.39 is 18.2 Å². The monoisotopic (exact) mass is 513 g/mol. The van der Waals surface area contributed by atoms with Gasteiger partial charge in [-0.05, 0) is 18.2 Å². The summed E-state index contributed by atoms with van der Waals surface area (Å²) in [6.07, 6.45) is 0. The quantitative estimate of drug-likeness (QED) is 0.185. The molecule has 0 atom stereocenters. The number of alkyl halides is 2. The highest BCUT2D eigenvalue weighted by Gasteiger charge is 2.09. The third-order valence-electron chi connectivity index (χ3n) is 3.41. The van der Waals surface area contributed by atoms with Crippen molar-refractivity contribution in [3.8, 4) is 11.5 Å². The van der Waals surface area contributed by atoms with Crippen molar-refractivity contribution in [1.29, 1.82) is 0 Å². The topological polar surface area (TPSA) is 54.9 Å². The third-order valence-corrected chi connectivity index (χ3v) is 3.41. The predicted molar refractivity (Wildman–Crippen MR) is 109 cm³/mol. The standard InChI is InChI=1S/C18H19F4N3O2.HI/c1-23-18(24-8-9-26-13-6-7-14(19)15(20)10-13)25-11-12-4-2-3-5-16(12)27-17(21)22;/h2-7,10,17H,8-9,11H2,1H3,(H2,23,24,25);1H. The average Bonchev–Trinajstić information content (AvgIpc) is 2.64. The highest BCUT2D eigenvalue weighted by molar-refractivity contribution is 14.0. The number of nitrogens with one attached hydrogen (secondary N) is 2. The van der Waals surface area contributed by atoms with Crippen molar-refractivity contribution in [2.24, 2.45) is 4.99 Å². The highest BCUT2D eigenvalue weighted by atomic mass is 127. The number of rotatable bonds is 8. The molecule has 5 nitrogen and oxygen atoms in total. The normalized spacial score (nSPS) is 11.0. The van der Waals surface area contributed by atoms with Crippen molar-refractivity contribution in [1.82, 2.24) is 10.6 Å². The molecule has 0 aliphatic heterocycles. The minimum atomic E-state index is -2.91. The number of halogens is 5. The summed E-state index contributed by atoms with van der Waals surface area (Å²) in [5.74, 6) is -1.23. The Labute approximate surface area is 177 Å². The maximum absolute atomic E-state index is 13.1. The number of nitrogens with zero attached hydrogens (tertiary/aromatic N) is 1. The van der Waals surface area contributed by atoms with Gasteiger partial charge in [0.15, 0.2) is 17.6 Å². The molecule has 0 aliphatic carbocycles. The molecule has 0 aromatic heterocycles. The molecule has 28 heavy (non-hydrogen) atoms. The number of aliphatic imine (C=N–C) groups is 1. The molecule has 10 heteroatoms. The lowest BCUT2D eigenvalue weighted by Crippen LogP contribution is -2.39. The molecular formula is C18H20F4IN3O2. The van der Waals surface area contributed by atoms with E-state index in [9.17, 15) is 17.6 Å². The van der Waals surface area contributed by atoms with Gasteiger partial charge in [0, 0.05) is 25.2 Å². The maximum atomic E-state index is 13.1. The summed E-state index contributed by atoms with van der Waals surface area (Å²) in [4.78, 5) is 4.00. The minimum absolute atomic E-state index is 0. The molecule has 0 unspecified atom stereocenters. The third kappa shape index (κ3) is 7.79. The van der Waals surface area contributed by atoms with Crippen LogP contribution in [-0.2, 0) is 6.54 Å². The van der Waals surface area contributed by atoms with Gasteiger partial charge in [-0.1, -0.05) is 18.2 Å². The number of benzene rings is 2. The smallest absolute Gasteiger partial charge is 0.387 e. The van der Waals surface area contributed by atoms with Crippen LogP contribution >= 0.6 is 24.0 Å². The van der Waals surface area contributed by atoms with Crippen LogP contribution in [0.5, 0.6) is 11.5 Å². The van der Waals surface area contributed by atoms with E-state index in [-0.39, 0.29) is 48.6 Å². The first kappa shape index (κ1) is 23.8. The molecule has 0 fully saturated rings. The van der Waals surface area contributed by atoms with Gasteiger partial charge in [-0.3, -0.25) is 4.99 Å². The van der Waals surface area contributed by atoms with Gasteiger partial charge >= 0.3 is 6.61 Å². The summed E-state index contributed by atoms with van der Waals surface area (Å²) in [6, 6.07) is 9.69. The van der Waals surface area contributed by atoms with E-state index in [1.807, 2.05) is 0 Å². The van der Waals surface area contributed by atoms with E-state index in [4.69, 9.17) is 4.74 Å². The van der Waals surface area contributed by atoms with Crippen LogP contribution in [-0.4, -0.2) is 32.8 Å².